The molecule has 0 saturated carbocycles. The first-order valence-corrected chi connectivity index (χ1v) is 3.50. The summed E-state index contributed by atoms with van der Waals surface area (Å²) in [7, 11) is -2.44. The molecule has 0 saturated heterocycles. The molecule has 1 rings (SSSR count). The number of hydrogen-bond acceptors (Lipinski definition) is 2. The summed E-state index contributed by atoms with van der Waals surface area (Å²) in [5.74, 6) is 0.112. The Bertz CT molecular complexity index is 313. The normalized spacial score (nSPS) is 15.2. The van der Waals surface area contributed by atoms with E-state index in [0.717, 1.165) is 4.47 Å². The molecule has 3 heteroatoms. The van der Waals surface area contributed by atoms with Gasteiger partial charge in [-0.1, -0.05) is 0 Å². The predicted octanol–water partition coefficient (Wildman–Crippen LogP) is 2.16. The van der Waals surface area contributed by atoms with Crippen LogP contribution in [0.1, 0.15) is 9.81 Å². The number of aryl methyl sites for hydroxylation is 1. The fourth-order valence-electron chi connectivity index (χ4n) is 0.578. The monoisotopic (exact) mass is 204 g/mol. The molecule has 0 amide bonds. The van der Waals surface area contributed by atoms with Crippen LogP contribution in [0.2, 0.25) is 0 Å². The maximum atomic E-state index is 6.85. The van der Waals surface area contributed by atoms with Gasteiger partial charge in [-0.15, -0.1) is 0 Å². The SMILES string of the molecule is [2H]C([2H])([2H])Oc1ccc(Br)c(C)n1. The lowest BCUT2D eigenvalue weighted by atomic mass is 10.4. The van der Waals surface area contributed by atoms with Gasteiger partial charge in [-0.2, -0.15) is 0 Å². The van der Waals surface area contributed by atoms with E-state index < -0.39 is 7.04 Å². The summed E-state index contributed by atoms with van der Waals surface area (Å²) in [4.78, 5) is 3.93. The second-order valence-electron chi connectivity index (χ2n) is 1.82. The molecule has 1 aromatic rings. The summed E-state index contributed by atoms with van der Waals surface area (Å²) < 4.78 is 26.0. The van der Waals surface area contributed by atoms with Crippen molar-refractivity contribution in [2.24, 2.45) is 0 Å². The van der Waals surface area contributed by atoms with Crippen LogP contribution in [0.25, 0.3) is 0 Å². The van der Waals surface area contributed by atoms with E-state index in [1.807, 2.05) is 0 Å². The van der Waals surface area contributed by atoms with E-state index in [0.29, 0.717) is 5.69 Å². The number of methoxy groups -OCH3 is 1. The first-order valence-electron chi connectivity index (χ1n) is 4.21. The molecule has 0 radical (unpaired) electrons. The smallest absolute Gasteiger partial charge is 0.213 e. The van der Waals surface area contributed by atoms with Crippen LogP contribution in [0.15, 0.2) is 16.6 Å². The van der Waals surface area contributed by atoms with Crippen molar-refractivity contribution in [3.8, 4) is 5.88 Å². The highest BCUT2D eigenvalue weighted by Gasteiger charge is 1.96. The fourth-order valence-corrected chi connectivity index (χ4v) is 0.799. The Morgan fingerprint density at radius 2 is 2.50 bits per heavy atom. The number of pyridine rings is 1. The van der Waals surface area contributed by atoms with Crippen molar-refractivity contribution in [3.05, 3.63) is 22.3 Å². The first kappa shape index (κ1) is 4.34. The number of hydrogen-bond donors (Lipinski definition) is 0. The molecule has 0 aliphatic rings. The van der Waals surface area contributed by atoms with Gasteiger partial charge in [-0.25, -0.2) is 4.98 Å². The van der Waals surface area contributed by atoms with Gasteiger partial charge >= 0.3 is 0 Å². The van der Waals surface area contributed by atoms with Crippen molar-refractivity contribution in [1.82, 2.24) is 4.98 Å². The van der Waals surface area contributed by atoms with E-state index in [4.69, 9.17) is 4.11 Å². The van der Waals surface area contributed by atoms with Crippen LogP contribution in [0.3, 0.4) is 0 Å². The molecule has 1 aromatic heterocycles. The van der Waals surface area contributed by atoms with Crippen LogP contribution in [0, 0.1) is 6.92 Å². The van der Waals surface area contributed by atoms with Crippen LogP contribution in [-0.4, -0.2) is 12.0 Å². The molecule has 1 heterocycles. The van der Waals surface area contributed by atoms with Crippen LogP contribution < -0.4 is 4.74 Å². The average Bonchev–Trinajstić information content (AvgIpc) is 1.94. The van der Waals surface area contributed by atoms with Crippen molar-refractivity contribution < 1.29 is 8.85 Å². The summed E-state index contributed by atoms with van der Waals surface area (Å²) in [5, 5.41) is 0. The Balaban J connectivity index is 2.86. The molecule has 0 N–H and O–H groups in total. The van der Waals surface area contributed by atoms with Gasteiger partial charge in [-0.05, 0) is 28.9 Å². The molecule has 0 aliphatic carbocycles. The molecule has 0 spiro atoms. The van der Waals surface area contributed by atoms with Gasteiger partial charge in [0.05, 0.1) is 16.8 Å². The lowest BCUT2D eigenvalue weighted by Gasteiger charge is -1.99. The minimum absolute atomic E-state index is 0.112. The van der Waals surface area contributed by atoms with Crippen molar-refractivity contribution in [3.63, 3.8) is 0 Å². The summed E-state index contributed by atoms with van der Waals surface area (Å²) >= 11 is 3.25. The maximum Gasteiger partial charge on any atom is 0.213 e. The topological polar surface area (TPSA) is 22.1 Å². The number of aromatic nitrogens is 1. The Hall–Kier alpha value is -0.570. The first-order chi connectivity index (χ1) is 5.88. The highest BCUT2D eigenvalue weighted by atomic mass is 79.9. The third kappa shape index (κ3) is 1.48. The Morgan fingerprint density at radius 3 is 3.10 bits per heavy atom. The summed E-state index contributed by atoms with van der Waals surface area (Å²) in [6.07, 6.45) is 0. The van der Waals surface area contributed by atoms with E-state index in [1.165, 1.54) is 6.07 Å². The zero-order valence-corrected chi connectivity index (χ0v) is 6.97. The highest BCUT2D eigenvalue weighted by molar-refractivity contribution is 9.10. The van der Waals surface area contributed by atoms with E-state index in [1.54, 1.807) is 13.0 Å². The second kappa shape index (κ2) is 3.01. The van der Waals surface area contributed by atoms with Crippen LogP contribution in [0.4, 0.5) is 0 Å². The second-order valence-corrected chi connectivity index (χ2v) is 2.67. The lowest BCUT2D eigenvalue weighted by Crippen LogP contribution is -1.89. The number of rotatable bonds is 1. The minimum atomic E-state index is -2.44. The number of ether oxygens (including phenoxy) is 1. The molecule has 0 aromatic carbocycles. The quantitative estimate of drug-likeness (QED) is 0.700. The summed E-state index contributed by atoms with van der Waals surface area (Å²) in [6.45, 7) is 1.76. The largest absolute Gasteiger partial charge is 0.481 e. The molecule has 2 nitrogen and oxygen atoms in total. The molecule has 54 valence electrons. The Labute approximate surface area is 72.6 Å². The highest BCUT2D eigenvalue weighted by Crippen LogP contribution is 2.16. The van der Waals surface area contributed by atoms with Crippen molar-refractivity contribution in [2.45, 2.75) is 6.92 Å². The Morgan fingerprint density at radius 1 is 1.70 bits per heavy atom. The maximum absolute atomic E-state index is 6.85. The molecule has 10 heavy (non-hydrogen) atoms. The van der Waals surface area contributed by atoms with E-state index in [2.05, 4.69) is 25.7 Å². The third-order valence-corrected chi connectivity index (χ3v) is 1.94. The zero-order chi connectivity index (χ0) is 10.1. The lowest BCUT2D eigenvalue weighted by molar-refractivity contribution is 0.396. The van der Waals surface area contributed by atoms with Gasteiger partial charge in [0.1, 0.15) is 0 Å². The van der Waals surface area contributed by atoms with E-state index in [9.17, 15) is 0 Å². The van der Waals surface area contributed by atoms with Crippen molar-refractivity contribution >= 4 is 15.9 Å². The average molecular weight is 205 g/mol. The van der Waals surface area contributed by atoms with Gasteiger partial charge in [-0.3, -0.25) is 0 Å². The van der Waals surface area contributed by atoms with Gasteiger partial charge in [0, 0.05) is 10.5 Å². The fraction of sp³-hybridized carbons (Fsp3) is 0.286. The number of halogens is 1. The molecule has 0 aliphatic heterocycles. The van der Waals surface area contributed by atoms with Gasteiger partial charge < -0.3 is 4.74 Å². The number of nitrogens with zero attached hydrogens (tertiary/aromatic N) is 1. The van der Waals surface area contributed by atoms with Gasteiger partial charge in [0.15, 0.2) is 0 Å². The molecule has 0 unspecified atom stereocenters. The van der Waals surface area contributed by atoms with Crippen molar-refractivity contribution in [1.29, 1.82) is 0 Å². The molecule has 0 atom stereocenters. The van der Waals surface area contributed by atoms with E-state index in [-0.39, 0.29) is 5.88 Å². The van der Waals surface area contributed by atoms with Crippen LogP contribution in [-0.2, 0) is 0 Å². The van der Waals surface area contributed by atoms with Crippen LogP contribution in [0.5, 0.6) is 5.88 Å². The Kier molecular flexibility index (Phi) is 1.31. The summed E-state index contributed by atoms with van der Waals surface area (Å²) in [5.41, 5.74) is 0.696. The van der Waals surface area contributed by atoms with Crippen molar-refractivity contribution in [2.75, 3.05) is 7.04 Å². The zero-order valence-electron chi connectivity index (χ0n) is 8.39. The van der Waals surface area contributed by atoms with Gasteiger partial charge in [0.25, 0.3) is 0 Å². The van der Waals surface area contributed by atoms with Crippen LogP contribution >= 0.6 is 15.9 Å². The molecular formula is C7H8BrNO. The standard InChI is InChI=1S/C7H8BrNO/c1-5-6(8)3-4-7(9-5)10-2/h3-4H,1-2H3/i2D3. The van der Waals surface area contributed by atoms with E-state index >= 15 is 0 Å². The third-order valence-electron chi connectivity index (χ3n) is 1.10. The molecule has 0 fully saturated rings. The van der Waals surface area contributed by atoms with Gasteiger partial charge in [0.2, 0.25) is 5.88 Å². The minimum Gasteiger partial charge on any atom is -0.481 e. The molecule has 0 bridgehead atoms. The molecular weight excluding hydrogens is 194 g/mol. The predicted molar refractivity (Wildman–Crippen MR) is 43.2 cm³/mol. The summed E-state index contributed by atoms with van der Waals surface area (Å²) in [6, 6.07) is 3.20.